The van der Waals surface area contributed by atoms with Gasteiger partial charge in [-0.15, -0.1) is 0 Å². The molecule has 4 aromatic rings. The number of carbonyl (C=O) groups excluding carboxylic acids is 1. The molecule has 0 atom stereocenters. The number of hydrogen-bond acceptors (Lipinski definition) is 5. The molecule has 1 aromatic heterocycles. The average Bonchev–Trinajstić information content (AvgIpc) is 2.83. The van der Waals surface area contributed by atoms with Crippen molar-refractivity contribution in [3.05, 3.63) is 114 Å². The molecule has 0 unspecified atom stereocenters. The monoisotopic (exact) mass is 411 g/mol. The first-order valence-electron chi connectivity index (χ1n) is 9.82. The summed E-state index contributed by atoms with van der Waals surface area (Å²) in [6.07, 6.45) is 4.55. The summed E-state index contributed by atoms with van der Waals surface area (Å²) in [6, 6.07) is 24.8. The molecule has 0 aliphatic heterocycles. The van der Waals surface area contributed by atoms with Gasteiger partial charge in [0.1, 0.15) is 24.7 Å². The van der Waals surface area contributed by atoms with Crippen LogP contribution in [0.3, 0.4) is 0 Å². The fourth-order valence-corrected chi connectivity index (χ4v) is 2.90. The smallest absolute Gasteiger partial charge is 0.257 e. The zero-order valence-electron chi connectivity index (χ0n) is 16.8. The van der Waals surface area contributed by atoms with Crippen LogP contribution >= 0.6 is 0 Å². The van der Waals surface area contributed by atoms with Crippen molar-refractivity contribution in [2.24, 2.45) is 0 Å². The second-order valence-electron chi connectivity index (χ2n) is 6.79. The van der Waals surface area contributed by atoms with Gasteiger partial charge in [-0.3, -0.25) is 9.78 Å². The predicted octanol–water partition coefficient (Wildman–Crippen LogP) is 4.89. The third-order valence-corrected chi connectivity index (χ3v) is 4.44. The molecule has 6 heteroatoms. The van der Waals surface area contributed by atoms with Crippen LogP contribution in [0.2, 0.25) is 0 Å². The Labute approximate surface area is 180 Å². The molecule has 0 spiro atoms. The Morgan fingerprint density at radius 2 is 1.35 bits per heavy atom. The van der Waals surface area contributed by atoms with Gasteiger partial charge in [-0.25, -0.2) is 4.98 Å². The molecule has 0 aliphatic rings. The first-order chi connectivity index (χ1) is 15.3. The maximum absolute atomic E-state index is 12.8. The van der Waals surface area contributed by atoms with E-state index in [0.29, 0.717) is 36.1 Å². The van der Waals surface area contributed by atoms with Crippen molar-refractivity contribution in [3.63, 3.8) is 0 Å². The molecular formula is C25H21N3O3. The fourth-order valence-electron chi connectivity index (χ4n) is 2.90. The molecule has 1 N–H and O–H groups in total. The average molecular weight is 411 g/mol. The number of rotatable bonds is 8. The van der Waals surface area contributed by atoms with E-state index in [2.05, 4.69) is 15.3 Å². The molecular weight excluding hydrogens is 390 g/mol. The van der Waals surface area contributed by atoms with Gasteiger partial charge in [0.05, 0.1) is 6.20 Å². The number of hydrogen-bond donors (Lipinski definition) is 1. The summed E-state index contributed by atoms with van der Waals surface area (Å²) in [6.45, 7) is 0.766. The number of benzene rings is 3. The molecule has 1 amide bonds. The maximum Gasteiger partial charge on any atom is 0.257 e. The number of amides is 1. The summed E-state index contributed by atoms with van der Waals surface area (Å²) < 4.78 is 11.9. The SMILES string of the molecule is O=C(Nc1cnccn1)c1cc(OCc2ccccc2)cc(OCc2ccccc2)c1. The quantitative estimate of drug-likeness (QED) is 0.447. The Bertz CT molecular complexity index is 1060. The molecule has 0 aliphatic carbocycles. The van der Waals surface area contributed by atoms with Crippen molar-refractivity contribution in [2.75, 3.05) is 5.32 Å². The van der Waals surface area contributed by atoms with Crippen LogP contribution in [-0.4, -0.2) is 15.9 Å². The zero-order valence-corrected chi connectivity index (χ0v) is 16.8. The third-order valence-electron chi connectivity index (χ3n) is 4.44. The van der Waals surface area contributed by atoms with Gasteiger partial charge in [-0.2, -0.15) is 0 Å². The topological polar surface area (TPSA) is 73.3 Å². The molecule has 6 nitrogen and oxygen atoms in total. The van der Waals surface area contributed by atoms with Crippen LogP contribution in [0.25, 0.3) is 0 Å². The molecule has 0 saturated heterocycles. The van der Waals surface area contributed by atoms with Gasteiger partial charge < -0.3 is 14.8 Å². The number of anilines is 1. The van der Waals surface area contributed by atoms with Crippen LogP contribution in [0, 0.1) is 0 Å². The van der Waals surface area contributed by atoms with Gasteiger partial charge in [0.15, 0.2) is 5.82 Å². The summed E-state index contributed by atoms with van der Waals surface area (Å²) in [5.41, 5.74) is 2.46. The van der Waals surface area contributed by atoms with E-state index in [1.807, 2.05) is 60.7 Å². The van der Waals surface area contributed by atoms with Crippen LogP contribution in [0.1, 0.15) is 21.5 Å². The highest BCUT2D eigenvalue weighted by Crippen LogP contribution is 2.25. The van der Waals surface area contributed by atoms with Crippen molar-refractivity contribution in [3.8, 4) is 11.5 Å². The highest BCUT2D eigenvalue weighted by molar-refractivity contribution is 6.04. The highest BCUT2D eigenvalue weighted by atomic mass is 16.5. The summed E-state index contributed by atoms with van der Waals surface area (Å²) in [5.74, 6) is 1.13. The normalized spacial score (nSPS) is 10.3. The van der Waals surface area contributed by atoms with Crippen molar-refractivity contribution in [1.29, 1.82) is 0 Å². The number of nitrogens with one attached hydrogen (secondary N) is 1. The van der Waals surface area contributed by atoms with Crippen molar-refractivity contribution in [2.45, 2.75) is 13.2 Å². The maximum atomic E-state index is 12.8. The minimum absolute atomic E-state index is 0.324. The molecule has 3 aromatic carbocycles. The first-order valence-corrected chi connectivity index (χ1v) is 9.82. The summed E-state index contributed by atoms with van der Waals surface area (Å²) >= 11 is 0. The minimum atomic E-state index is -0.324. The first kappa shape index (κ1) is 20.1. The van der Waals surface area contributed by atoms with E-state index in [0.717, 1.165) is 11.1 Å². The van der Waals surface area contributed by atoms with Gasteiger partial charge in [-0.05, 0) is 23.3 Å². The minimum Gasteiger partial charge on any atom is -0.489 e. The second-order valence-corrected chi connectivity index (χ2v) is 6.79. The Morgan fingerprint density at radius 1 is 0.774 bits per heavy atom. The van der Waals surface area contributed by atoms with Crippen LogP contribution in [0.4, 0.5) is 5.82 Å². The van der Waals surface area contributed by atoms with Crippen molar-refractivity contribution in [1.82, 2.24) is 9.97 Å². The molecule has 31 heavy (non-hydrogen) atoms. The van der Waals surface area contributed by atoms with Crippen LogP contribution in [0.5, 0.6) is 11.5 Å². The standard InChI is InChI=1S/C25H21N3O3/c29-25(28-24-16-26-11-12-27-24)21-13-22(30-17-19-7-3-1-4-8-19)15-23(14-21)31-18-20-9-5-2-6-10-20/h1-16H,17-18H2,(H,27,28,29). The van der Waals surface area contributed by atoms with E-state index in [-0.39, 0.29) is 5.91 Å². The summed E-state index contributed by atoms with van der Waals surface area (Å²) in [4.78, 5) is 20.8. The third kappa shape index (κ3) is 5.90. The van der Waals surface area contributed by atoms with Gasteiger partial charge in [0.2, 0.25) is 0 Å². The predicted molar refractivity (Wildman–Crippen MR) is 118 cm³/mol. The van der Waals surface area contributed by atoms with Gasteiger partial charge >= 0.3 is 0 Å². The zero-order chi connectivity index (χ0) is 21.3. The summed E-state index contributed by atoms with van der Waals surface area (Å²) in [5, 5.41) is 2.74. The molecule has 0 bridgehead atoms. The van der Waals surface area contributed by atoms with Gasteiger partial charge in [0, 0.05) is 24.0 Å². The Hall–Kier alpha value is -4.19. The number of aromatic nitrogens is 2. The van der Waals surface area contributed by atoms with Crippen LogP contribution < -0.4 is 14.8 Å². The lowest BCUT2D eigenvalue weighted by atomic mass is 10.1. The van der Waals surface area contributed by atoms with Crippen LogP contribution in [0.15, 0.2) is 97.5 Å². The largest absolute Gasteiger partial charge is 0.489 e. The number of ether oxygens (including phenoxy) is 2. The van der Waals surface area contributed by atoms with E-state index in [4.69, 9.17) is 9.47 Å². The molecule has 1 heterocycles. The number of carbonyl (C=O) groups is 1. The van der Waals surface area contributed by atoms with E-state index in [1.54, 1.807) is 24.4 Å². The lowest BCUT2D eigenvalue weighted by Gasteiger charge is -2.13. The fraction of sp³-hybridized carbons (Fsp3) is 0.0800. The van der Waals surface area contributed by atoms with E-state index < -0.39 is 0 Å². The van der Waals surface area contributed by atoms with Gasteiger partial charge in [-0.1, -0.05) is 60.7 Å². The molecule has 0 fully saturated rings. The van der Waals surface area contributed by atoms with Crippen molar-refractivity contribution < 1.29 is 14.3 Å². The highest BCUT2D eigenvalue weighted by Gasteiger charge is 2.12. The lowest BCUT2D eigenvalue weighted by molar-refractivity contribution is 0.102. The molecule has 0 saturated carbocycles. The van der Waals surface area contributed by atoms with Crippen LogP contribution in [-0.2, 0) is 13.2 Å². The molecule has 0 radical (unpaired) electrons. The van der Waals surface area contributed by atoms with E-state index in [1.165, 1.54) is 12.4 Å². The number of nitrogens with zero attached hydrogens (tertiary/aromatic N) is 2. The Morgan fingerprint density at radius 3 is 1.87 bits per heavy atom. The summed E-state index contributed by atoms with van der Waals surface area (Å²) in [7, 11) is 0. The molecule has 154 valence electrons. The van der Waals surface area contributed by atoms with E-state index >= 15 is 0 Å². The Balaban J connectivity index is 1.54. The lowest BCUT2D eigenvalue weighted by Crippen LogP contribution is -2.13. The van der Waals surface area contributed by atoms with Gasteiger partial charge in [0.25, 0.3) is 5.91 Å². The second kappa shape index (κ2) is 10.0. The van der Waals surface area contributed by atoms with E-state index in [9.17, 15) is 4.79 Å². The Kier molecular flexibility index (Phi) is 6.50. The molecule has 4 rings (SSSR count). The van der Waals surface area contributed by atoms with Crippen molar-refractivity contribution >= 4 is 11.7 Å².